The molecular formula is C18H22BrNO5S2. The first-order chi connectivity index (χ1) is 12.5. The first-order valence-corrected chi connectivity index (χ1v) is 12.3. The lowest BCUT2D eigenvalue weighted by atomic mass is 10.2. The minimum Gasteiger partial charge on any atom is -0.383 e. The summed E-state index contributed by atoms with van der Waals surface area (Å²) in [4.78, 5) is 0.225. The molecule has 0 unspecified atom stereocenters. The third-order valence-corrected chi connectivity index (χ3v) is 6.40. The van der Waals surface area contributed by atoms with E-state index in [0.717, 1.165) is 16.3 Å². The Morgan fingerprint density at radius 3 is 2.00 bits per heavy atom. The van der Waals surface area contributed by atoms with Gasteiger partial charge in [-0.1, -0.05) is 41.9 Å². The Balaban J connectivity index is 2.27. The summed E-state index contributed by atoms with van der Waals surface area (Å²) in [7, 11) is -7.27. The first-order valence-electron chi connectivity index (χ1n) is 8.21. The van der Waals surface area contributed by atoms with Gasteiger partial charge in [-0.05, 0) is 47.9 Å². The minimum absolute atomic E-state index is 0.142. The summed E-state index contributed by atoms with van der Waals surface area (Å²) in [5.41, 5.74) is 0.734. The maximum absolute atomic E-state index is 13.0. The van der Waals surface area contributed by atoms with Crippen LogP contribution >= 0.6 is 15.9 Å². The van der Waals surface area contributed by atoms with E-state index < -0.39 is 20.1 Å². The van der Waals surface area contributed by atoms with Crippen molar-refractivity contribution in [1.82, 2.24) is 4.31 Å². The second-order valence-electron chi connectivity index (χ2n) is 6.58. The first kappa shape index (κ1) is 21.9. The number of benzene rings is 2. The van der Waals surface area contributed by atoms with Crippen molar-refractivity contribution in [2.75, 3.05) is 12.8 Å². The summed E-state index contributed by atoms with van der Waals surface area (Å²) in [6, 6.07) is 12.9. The molecule has 0 aliphatic rings. The van der Waals surface area contributed by atoms with Crippen molar-refractivity contribution < 1.29 is 21.0 Å². The van der Waals surface area contributed by atoms with Crippen LogP contribution in [0.15, 0.2) is 57.9 Å². The molecule has 0 aliphatic heterocycles. The van der Waals surface area contributed by atoms with Gasteiger partial charge in [0, 0.05) is 17.6 Å². The van der Waals surface area contributed by atoms with E-state index in [1.54, 1.807) is 36.4 Å². The van der Waals surface area contributed by atoms with Crippen molar-refractivity contribution >= 4 is 36.1 Å². The van der Waals surface area contributed by atoms with Crippen LogP contribution in [-0.4, -0.2) is 33.9 Å². The molecule has 0 saturated heterocycles. The largest absolute Gasteiger partial charge is 0.383 e. The average molecular weight is 476 g/mol. The van der Waals surface area contributed by atoms with Crippen LogP contribution < -0.4 is 4.18 Å². The monoisotopic (exact) mass is 475 g/mol. The predicted molar refractivity (Wildman–Crippen MR) is 108 cm³/mol. The van der Waals surface area contributed by atoms with E-state index in [9.17, 15) is 16.8 Å². The topological polar surface area (TPSA) is 80.8 Å². The molecule has 0 aliphatic carbocycles. The zero-order valence-electron chi connectivity index (χ0n) is 15.3. The van der Waals surface area contributed by atoms with Crippen LogP contribution in [0, 0.1) is 5.92 Å². The summed E-state index contributed by atoms with van der Waals surface area (Å²) >= 11 is 3.31. The highest BCUT2D eigenvalue weighted by atomic mass is 79.9. The summed E-state index contributed by atoms with van der Waals surface area (Å²) in [6.07, 6.45) is 0.968. The van der Waals surface area contributed by atoms with E-state index in [-0.39, 0.29) is 23.1 Å². The number of nitrogens with zero attached hydrogens (tertiary/aromatic N) is 1. The summed E-state index contributed by atoms with van der Waals surface area (Å²) < 4.78 is 55.5. The second-order valence-corrected chi connectivity index (χ2v) is 11.0. The fourth-order valence-corrected chi connectivity index (χ4v) is 4.76. The third kappa shape index (κ3) is 6.60. The molecule has 0 radical (unpaired) electrons. The van der Waals surface area contributed by atoms with Crippen molar-refractivity contribution in [2.24, 2.45) is 5.92 Å². The molecule has 0 spiro atoms. The summed E-state index contributed by atoms with van der Waals surface area (Å²) in [5.74, 6) is 0.329. The van der Waals surface area contributed by atoms with Crippen LogP contribution in [0.25, 0.3) is 0 Å². The van der Waals surface area contributed by atoms with Crippen molar-refractivity contribution in [1.29, 1.82) is 0 Å². The molecule has 2 rings (SSSR count). The van der Waals surface area contributed by atoms with Gasteiger partial charge in [-0.2, -0.15) is 12.7 Å². The number of hydrogen-bond donors (Lipinski definition) is 0. The number of sulfonamides is 1. The standard InChI is InChI=1S/C18H22BrNO5S2/c1-14(2)12-20(27(23,24)18-10-6-16(19)7-11-18)13-15-4-8-17(9-5-15)25-26(3,21)22/h4-11,14H,12-13H2,1-3H3. The molecule has 9 heteroatoms. The number of hydrogen-bond acceptors (Lipinski definition) is 5. The molecule has 0 atom stereocenters. The fourth-order valence-electron chi connectivity index (χ4n) is 2.44. The number of halogens is 1. The summed E-state index contributed by atoms with van der Waals surface area (Å²) in [6.45, 7) is 4.44. The molecule has 2 aromatic rings. The van der Waals surface area contributed by atoms with Gasteiger partial charge in [0.1, 0.15) is 5.75 Å². The van der Waals surface area contributed by atoms with Gasteiger partial charge in [-0.3, -0.25) is 0 Å². The van der Waals surface area contributed by atoms with Gasteiger partial charge in [0.15, 0.2) is 0 Å². The van der Waals surface area contributed by atoms with Crippen molar-refractivity contribution in [2.45, 2.75) is 25.3 Å². The van der Waals surface area contributed by atoms with Gasteiger partial charge in [0.05, 0.1) is 11.2 Å². The molecule has 0 heterocycles. The lowest BCUT2D eigenvalue weighted by molar-refractivity contribution is 0.362. The zero-order chi connectivity index (χ0) is 20.2. The van der Waals surface area contributed by atoms with E-state index in [1.165, 1.54) is 16.4 Å². The van der Waals surface area contributed by atoms with Crippen LogP contribution in [0.1, 0.15) is 19.4 Å². The van der Waals surface area contributed by atoms with Crippen molar-refractivity contribution in [3.8, 4) is 5.75 Å². The average Bonchev–Trinajstić information content (AvgIpc) is 2.54. The van der Waals surface area contributed by atoms with Crippen LogP contribution in [0.4, 0.5) is 0 Å². The van der Waals surface area contributed by atoms with E-state index in [4.69, 9.17) is 4.18 Å². The lowest BCUT2D eigenvalue weighted by Crippen LogP contribution is -2.33. The molecule has 0 bridgehead atoms. The van der Waals surface area contributed by atoms with E-state index in [1.807, 2.05) is 13.8 Å². The smallest absolute Gasteiger partial charge is 0.306 e. The number of rotatable bonds is 8. The Morgan fingerprint density at radius 1 is 0.963 bits per heavy atom. The van der Waals surface area contributed by atoms with Gasteiger partial charge >= 0.3 is 10.1 Å². The highest BCUT2D eigenvalue weighted by Gasteiger charge is 2.25. The highest BCUT2D eigenvalue weighted by molar-refractivity contribution is 9.10. The Kier molecular flexibility index (Phi) is 7.07. The van der Waals surface area contributed by atoms with Crippen LogP contribution in [-0.2, 0) is 26.7 Å². The molecule has 0 fully saturated rings. The Hall–Kier alpha value is -1.42. The molecule has 0 saturated carbocycles. The normalized spacial score (nSPS) is 12.5. The molecule has 0 amide bonds. The maximum atomic E-state index is 13.0. The molecule has 0 aromatic heterocycles. The fraction of sp³-hybridized carbons (Fsp3) is 0.333. The Bertz CT molecular complexity index is 969. The summed E-state index contributed by atoms with van der Waals surface area (Å²) in [5, 5.41) is 0. The Morgan fingerprint density at radius 2 is 1.52 bits per heavy atom. The molecule has 2 aromatic carbocycles. The Labute approximate surface area is 169 Å². The van der Waals surface area contributed by atoms with Gasteiger partial charge in [-0.15, -0.1) is 0 Å². The molecule has 27 heavy (non-hydrogen) atoms. The second kappa shape index (κ2) is 8.72. The molecule has 6 nitrogen and oxygen atoms in total. The maximum Gasteiger partial charge on any atom is 0.306 e. The highest BCUT2D eigenvalue weighted by Crippen LogP contribution is 2.23. The molecular weight excluding hydrogens is 454 g/mol. The quantitative estimate of drug-likeness (QED) is 0.544. The lowest BCUT2D eigenvalue weighted by Gasteiger charge is -2.24. The van der Waals surface area contributed by atoms with E-state index in [0.29, 0.717) is 6.54 Å². The van der Waals surface area contributed by atoms with Gasteiger partial charge in [-0.25, -0.2) is 8.42 Å². The van der Waals surface area contributed by atoms with Crippen LogP contribution in [0.3, 0.4) is 0 Å². The van der Waals surface area contributed by atoms with E-state index in [2.05, 4.69) is 15.9 Å². The van der Waals surface area contributed by atoms with Crippen LogP contribution in [0.2, 0.25) is 0 Å². The predicted octanol–water partition coefficient (Wildman–Crippen LogP) is 3.63. The minimum atomic E-state index is -3.66. The van der Waals surface area contributed by atoms with Gasteiger partial charge < -0.3 is 4.18 Å². The van der Waals surface area contributed by atoms with Gasteiger partial charge in [0.25, 0.3) is 0 Å². The van der Waals surface area contributed by atoms with Crippen LogP contribution in [0.5, 0.6) is 5.75 Å². The molecule has 148 valence electrons. The van der Waals surface area contributed by atoms with E-state index >= 15 is 0 Å². The zero-order valence-corrected chi connectivity index (χ0v) is 18.5. The molecule has 0 N–H and O–H groups in total. The van der Waals surface area contributed by atoms with Crippen molar-refractivity contribution in [3.63, 3.8) is 0 Å². The van der Waals surface area contributed by atoms with Gasteiger partial charge in [0.2, 0.25) is 10.0 Å². The third-order valence-electron chi connectivity index (χ3n) is 3.55. The SMILES string of the molecule is CC(C)CN(Cc1ccc(OS(C)(=O)=O)cc1)S(=O)(=O)c1ccc(Br)cc1. The van der Waals surface area contributed by atoms with Crippen molar-refractivity contribution in [3.05, 3.63) is 58.6 Å².